The number of hydrogen-bond donors (Lipinski definition) is 0. The Morgan fingerprint density at radius 3 is 2.25 bits per heavy atom. The van der Waals surface area contributed by atoms with E-state index in [0.29, 0.717) is 0 Å². The monoisotopic (exact) mass is 290 g/mol. The maximum atomic E-state index is 11.1. The maximum Gasteiger partial charge on any atom is 0.160 e. The number of carbonyl (C=O) groups is 1. The van der Waals surface area contributed by atoms with Crippen LogP contribution in [-0.4, -0.2) is 5.78 Å². The lowest BCUT2D eigenvalue weighted by Crippen LogP contribution is -1.95. The Bertz CT molecular complexity index is 332. The molecular formula is C9H8Br2O. The van der Waals surface area contributed by atoms with Crippen LogP contribution in [0, 0.1) is 6.92 Å². The topological polar surface area (TPSA) is 17.1 Å². The first-order valence-electron chi connectivity index (χ1n) is 3.49. The van der Waals surface area contributed by atoms with Crippen LogP contribution in [0.4, 0.5) is 0 Å². The molecule has 0 aliphatic rings. The standard InChI is InChI=1S/C9H8Br2O/c1-5-3-8(10)9(11)4-7(5)6(2)12/h3-4H,1-2H3. The van der Waals surface area contributed by atoms with Crippen LogP contribution in [0.3, 0.4) is 0 Å². The zero-order chi connectivity index (χ0) is 9.30. The van der Waals surface area contributed by atoms with Gasteiger partial charge < -0.3 is 0 Å². The SMILES string of the molecule is CC(=O)c1cc(Br)c(Br)cc1C. The zero-order valence-corrected chi connectivity index (χ0v) is 9.99. The van der Waals surface area contributed by atoms with Crippen molar-refractivity contribution in [1.29, 1.82) is 0 Å². The van der Waals surface area contributed by atoms with Crippen molar-refractivity contribution in [3.8, 4) is 0 Å². The molecule has 0 radical (unpaired) electrons. The molecule has 0 amide bonds. The third-order valence-electron chi connectivity index (χ3n) is 1.65. The Balaban J connectivity index is 3.33. The first-order chi connectivity index (χ1) is 5.52. The van der Waals surface area contributed by atoms with E-state index in [1.165, 1.54) is 0 Å². The quantitative estimate of drug-likeness (QED) is 0.721. The summed E-state index contributed by atoms with van der Waals surface area (Å²) < 4.78 is 1.89. The van der Waals surface area contributed by atoms with Gasteiger partial charge in [-0.2, -0.15) is 0 Å². The molecule has 0 N–H and O–H groups in total. The van der Waals surface area contributed by atoms with Crippen LogP contribution in [-0.2, 0) is 0 Å². The van der Waals surface area contributed by atoms with Gasteiger partial charge in [0.15, 0.2) is 5.78 Å². The minimum absolute atomic E-state index is 0.0979. The Morgan fingerprint density at radius 2 is 1.75 bits per heavy atom. The lowest BCUT2D eigenvalue weighted by molar-refractivity contribution is 0.101. The maximum absolute atomic E-state index is 11.1. The predicted molar refractivity (Wildman–Crippen MR) is 56.6 cm³/mol. The second-order valence-electron chi connectivity index (χ2n) is 2.64. The number of halogens is 2. The van der Waals surface area contributed by atoms with E-state index in [2.05, 4.69) is 31.9 Å². The highest BCUT2D eigenvalue weighted by molar-refractivity contribution is 9.13. The molecule has 0 saturated carbocycles. The summed E-state index contributed by atoms with van der Waals surface area (Å²) in [6.45, 7) is 3.50. The molecule has 0 spiro atoms. The first-order valence-corrected chi connectivity index (χ1v) is 5.07. The largest absolute Gasteiger partial charge is 0.295 e. The van der Waals surface area contributed by atoms with E-state index in [-0.39, 0.29) is 5.78 Å². The minimum atomic E-state index is 0.0979. The number of ketones is 1. The smallest absolute Gasteiger partial charge is 0.160 e. The molecule has 0 aliphatic heterocycles. The van der Waals surface area contributed by atoms with Gasteiger partial charge in [0.05, 0.1) is 0 Å². The summed E-state index contributed by atoms with van der Waals surface area (Å²) in [5.41, 5.74) is 1.77. The molecule has 0 fully saturated rings. The zero-order valence-electron chi connectivity index (χ0n) is 6.82. The number of aryl methyl sites for hydroxylation is 1. The van der Waals surface area contributed by atoms with Crippen molar-refractivity contribution < 1.29 is 4.79 Å². The van der Waals surface area contributed by atoms with Gasteiger partial charge in [0.25, 0.3) is 0 Å². The van der Waals surface area contributed by atoms with E-state index in [1.54, 1.807) is 6.92 Å². The van der Waals surface area contributed by atoms with Crippen LogP contribution in [0.2, 0.25) is 0 Å². The summed E-state index contributed by atoms with van der Waals surface area (Å²) in [4.78, 5) is 11.1. The molecule has 0 aromatic heterocycles. The Morgan fingerprint density at radius 1 is 1.25 bits per heavy atom. The lowest BCUT2D eigenvalue weighted by Gasteiger charge is -2.03. The number of rotatable bonds is 1. The molecule has 64 valence electrons. The molecule has 0 aliphatic carbocycles. The Hall–Kier alpha value is -0.150. The number of carbonyl (C=O) groups excluding carboxylic acids is 1. The van der Waals surface area contributed by atoms with E-state index < -0.39 is 0 Å². The minimum Gasteiger partial charge on any atom is -0.295 e. The summed E-state index contributed by atoms with van der Waals surface area (Å²) >= 11 is 6.72. The van der Waals surface area contributed by atoms with Crippen LogP contribution < -0.4 is 0 Å². The predicted octanol–water partition coefficient (Wildman–Crippen LogP) is 3.72. The summed E-state index contributed by atoms with van der Waals surface area (Å²) in [7, 11) is 0. The molecule has 12 heavy (non-hydrogen) atoms. The van der Waals surface area contributed by atoms with Crippen molar-refractivity contribution >= 4 is 37.6 Å². The summed E-state index contributed by atoms with van der Waals surface area (Å²) in [6, 6.07) is 3.77. The van der Waals surface area contributed by atoms with E-state index in [1.807, 2.05) is 19.1 Å². The lowest BCUT2D eigenvalue weighted by atomic mass is 10.1. The molecule has 0 bridgehead atoms. The number of Topliss-reactive ketones (excluding diaryl/α,β-unsaturated/α-hetero) is 1. The van der Waals surface area contributed by atoms with Gasteiger partial charge in [0.1, 0.15) is 0 Å². The van der Waals surface area contributed by atoms with Gasteiger partial charge in [-0.15, -0.1) is 0 Å². The highest BCUT2D eigenvalue weighted by Crippen LogP contribution is 2.26. The van der Waals surface area contributed by atoms with E-state index >= 15 is 0 Å². The first kappa shape index (κ1) is 9.93. The molecule has 1 nitrogen and oxygen atoms in total. The van der Waals surface area contributed by atoms with Gasteiger partial charge in [-0.3, -0.25) is 4.79 Å². The van der Waals surface area contributed by atoms with Gasteiger partial charge in [-0.05, 0) is 63.4 Å². The van der Waals surface area contributed by atoms with Gasteiger partial charge in [-0.1, -0.05) is 0 Å². The highest BCUT2D eigenvalue weighted by atomic mass is 79.9. The Kier molecular flexibility index (Phi) is 3.07. The van der Waals surface area contributed by atoms with Crippen LogP contribution in [0.25, 0.3) is 0 Å². The number of hydrogen-bond acceptors (Lipinski definition) is 1. The average Bonchev–Trinajstić information content (AvgIpc) is 1.96. The van der Waals surface area contributed by atoms with Crippen molar-refractivity contribution in [3.63, 3.8) is 0 Å². The van der Waals surface area contributed by atoms with Crippen LogP contribution in [0.15, 0.2) is 21.1 Å². The van der Waals surface area contributed by atoms with Crippen LogP contribution >= 0.6 is 31.9 Å². The molecule has 3 heteroatoms. The third-order valence-corrected chi connectivity index (χ3v) is 3.49. The molecule has 0 heterocycles. The highest BCUT2D eigenvalue weighted by Gasteiger charge is 2.06. The van der Waals surface area contributed by atoms with E-state index in [9.17, 15) is 4.79 Å². The Labute approximate surface area is 88.4 Å². The van der Waals surface area contributed by atoms with Gasteiger partial charge in [-0.25, -0.2) is 0 Å². The van der Waals surface area contributed by atoms with Gasteiger partial charge in [0.2, 0.25) is 0 Å². The molecule has 0 unspecified atom stereocenters. The van der Waals surface area contributed by atoms with Crippen molar-refractivity contribution in [2.45, 2.75) is 13.8 Å². The molecule has 1 aromatic carbocycles. The van der Waals surface area contributed by atoms with Gasteiger partial charge >= 0.3 is 0 Å². The van der Waals surface area contributed by atoms with E-state index in [4.69, 9.17) is 0 Å². The normalized spacial score (nSPS) is 10.0. The van der Waals surface area contributed by atoms with Crippen LogP contribution in [0.5, 0.6) is 0 Å². The third kappa shape index (κ3) is 1.96. The van der Waals surface area contributed by atoms with Gasteiger partial charge in [0, 0.05) is 14.5 Å². The van der Waals surface area contributed by atoms with Crippen molar-refractivity contribution in [2.24, 2.45) is 0 Å². The fourth-order valence-electron chi connectivity index (χ4n) is 1.03. The fraction of sp³-hybridized carbons (Fsp3) is 0.222. The average molecular weight is 292 g/mol. The van der Waals surface area contributed by atoms with Crippen molar-refractivity contribution in [2.75, 3.05) is 0 Å². The second-order valence-corrected chi connectivity index (χ2v) is 4.35. The molecule has 0 atom stereocenters. The summed E-state index contributed by atoms with van der Waals surface area (Å²) in [5, 5.41) is 0. The molecule has 0 saturated heterocycles. The number of benzene rings is 1. The van der Waals surface area contributed by atoms with E-state index in [0.717, 1.165) is 20.1 Å². The summed E-state index contributed by atoms with van der Waals surface area (Å²) in [6.07, 6.45) is 0. The summed E-state index contributed by atoms with van der Waals surface area (Å²) in [5.74, 6) is 0.0979. The molecular weight excluding hydrogens is 284 g/mol. The van der Waals surface area contributed by atoms with Crippen LogP contribution in [0.1, 0.15) is 22.8 Å². The molecule has 1 aromatic rings. The molecule has 1 rings (SSSR count). The fourth-order valence-corrected chi connectivity index (χ4v) is 1.83. The van der Waals surface area contributed by atoms with Crippen molar-refractivity contribution in [3.05, 3.63) is 32.2 Å². The van der Waals surface area contributed by atoms with Crippen molar-refractivity contribution in [1.82, 2.24) is 0 Å². The second kappa shape index (κ2) is 3.71.